The molecule has 176 valence electrons. The Hall–Kier alpha value is -3.28. The van der Waals surface area contributed by atoms with Crippen molar-refractivity contribution in [2.75, 3.05) is 18.4 Å². The maximum Gasteiger partial charge on any atom is 0.256 e. The molecule has 4 heterocycles. The van der Waals surface area contributed by atoms with E-state index in [1.54, 1.807) is 35.2 Å². The average Bonchev–Trinajstić information content (AvgIpc) is 3.58. The summed E-state index contributed by atoms with van der Waals surface area (Å²) in [6.07, 6.45) is 3.23. The van der Waals surface area contributed by atoms with Crippen LogP contribution >= 0.6 is 11.3 Å². The van der Waals surface area contributed by atoms with E-state index in [-0.39, 0.29) is 16.3 Å². The van der Waals surface area contributed by atoms with Gasteiger partial charge >= 0.3 is 0 Å². The fourth-order valence-corrected chi connectivity index (χ4v) is 6.30. The number of amides is 1. The standard InChI is InChI=1S/C23H23N5O4S2/c1-15-11-18(19-13-24-28(22(19)25-15)14-16-5-4-10-33-16)23(30)26-20-12-17(6-7-21(20)29)34(31,32)27-8-2-3-9-27/h4-7,10-13,29H,2-3,8-9,14H2,1H3,(H,26,30). The van der Waals surface area contributed by atoms with Crippen molar-refractivity contribution in [1.82, 2.24) is 19.1 Å². The molecule has 1 aliphatic heterocycles. The lowest BCUT2D eigenvalue weighted by Crippen LogP contribution is -2.28. The van der Waals surface area contributed by atoms with Crippen LogP contribution in [0.3, 0.4) is 0 Å². The Morgan fingerprint density at radius 3 is 2.74 bits per heavy atom. The van der Waals surface area contributed by atoms with Gasteiger partial charge in [-0.25, -0.2) is 18.1 Å². The number of thiophene rings is 1. The summed E-state index contributed by atoms with van der Waals surface area (Å²) < 4.78 is 29.0. The Balaban J connectivity index is 1.47. The molecule has 0 bridgehead atoms. The third-order valence-electron chi connectivity index (χ3n) is 5.79. The van der Waals surface area contributed by atoms with Crippen molar-refractivity contribution >= 4 is 44.0 Å². The van der Waals surface area contributed by atoms with E-state index in [4.69, 9.17) is 0 Å². The van der Waals surface area contributed by atoms with E-state index in [0.717, 1.165) is 17.7 Å². The number of phenolic OH excluding ortho intramolecular Hbond substituents is 1. The van der Waals surface area contributed by atoms with Gasteiger partial charge in [-0.1, -0.05) is 6.07 Å². The molecule has 1 aromatic carbocycles. The summed E-state index contributed by atoms with van der Waals surface area (Å²) in [4.78, 5) is 18.9. The van der Waals surface area contributed by atoms with Crippen molar-refractivity contribution in [1.29, 1.82) is 0 Å². The highest BCUT2D eigenvalue weighted by molar-refractivity contribution is 7.89. The zero-order valence-electron chi connectivity index (χ0n) is 18.4. The van der Waals surface area contributed by atoms with Crippen molar-refractivity contribution in [3.05, 3.63) is 64.1 Å². The van der Waals surface area contributed by atoms with E-state index < -0.39 is 15.9 Å². The highest BCUT2D eigenvalue weighted by Gasteiger charge is 2.28. The number of aromatic nitrogens is 3. The van der Waals surface area contributed by atoms with Gasteiger partial charge in [-0.2, -0.15) is 9.40 Å². The molecule has 1 aliphatic rings. The number of nitrogens with zero attached hydrogens (tertiary/aromatic N) is 4. The summed E-state index contributed by atoms with van der Waals surface area (Å²) in [6, 6.07) is 9.55. The van der Waals surface area contributed by atoms with Crippen LogP contribution in [0.5, 0.6) is 5.75 Å². The second-order valence-corrected chi connectivity index (χ2v) is 11.1. The van der Waals surface area contributed by atoms with Crippen LogP contribution in [-0.4, -0.2) is 51.6 Å². The molecule has 1 saturated heterocycles. The van der Waals surface area contributed by atoms with E-state index >= 15 is 0 Å². The van der Waals surface area contributed by atoms with Crippen LogP contribution in [-0.2, 0) is 16.6 Å². The quantitative estimate of drug-likeness (QED) is 0.393. The maximum atomic E-state index is 13.2. The molecule has 3 aromatic heterocycles. The summed E-state index contributed by atoms with van der Waals surface area (Å²) in [7, 11) is -3.69. The monoisotopic (exact) mass is 497 g/mol. The molecule has 0 atom stereocenters. The highest BCUT2D eigenvalue weighted by Crippen LogP contribution is 2.30. The van der Waals surface area contributed by atoms with E-state index in [1.165, 1.54) is 22.5 Å². The number of carbonyl (C=O) groups is 1. The van der Waals surface area contributed by atoms with E-state index in [9.17, 15) is 18.3 Å². The van der Waals surface area contributed by atoms with Crippen LogP contribution < -0.4 is 5.32 Å². The van der Waals surface area contributed by atoms with Gasteiger partial charge in [-0.15, -0.1) is 11.3 Å². The Kier molecular flexibility index (Phi) is 5.84. The van der Waals surface area contributed by atoms with Crippen LogP contribution in [0.1, 0.15) is 33.8 Å². The number of benzene rings is 1. The number of fused-ring (bicyclic) bond motifs is 1. The molecule has 34 heavy (non-hydrogen) atoms. The van der Waals surface area contributed by atoms with Gasteiger partial charge in [0.25, 0.3) is 5.91 Å². The summed E-state index contributed by atoms with van der Waals surface area (Å²) in [5.74, 6) is -0.707. The number of anilines is 1. The van der Waals surface area contributed by atoms with Crippen molar-refractivity contribution in [2.24, 2.45) is 0 Å². The second-order valence-electron chi connectivity index (χ2n) is 8.17. The number of sulfonamides is 1. The van der Waals surface area contributed by atoms with Gasteiger partial charge in [-0.05, 0) is 55.5 Å². The van der Waals surface area contributed by atoms with Crippen LogP contribution in [0.15, 0.2) is 52.9 Å². The largest absolute Gasteiger partial charge is 0.506 e. The lowest BCUT2D eigenvalue weighted by Gasteiger charge is -2.17. The lowest BCUT2D eigenvalue weighted by molar-refractivity contribution is 0.102. The highest BCUT2D eigenvalue weighted by atomic mass is 32.2. The molecule has 0 aliphatic carbocycles. The number of aryl methyl sites for hydroxylation is 1. The minimum absolute atomic E-state index is 0.0267. The van der Waals surface area contributed by atoms with E-state index in [0.29, 0.717) is 41.9 Å². The summed E-state index contributed by atoms with van der Waals surface area (Å²) in [5, 5.41) is 20.0. The van der Waals surface area contributed by atoms with Crippen molar-refractivity contribution in [3.8, 4) is 5.75 Å². The predicted molar refractivity (Wildman–Crippen MR) is 130 cm³/mol. The molecular weight excluding hydrogens is 474 g/mol. The van der Waals surface area contributed by atoms with Crippen LogP contribution in [0.2, 0.25) is 0 Å². The SMILES string of the molecule is Cc1cc(C(=O)Nc2cc(S(=O)(=O)N3CCCC3)ccc2O)c2cnn(Cc3cccs3)c2n1. The zero-order valence-corrected chi connectivity index (χ0v) is 20.1. The van der Waals surface area contributed by atoms with Gasteiger partial charge in [0.1, 0.15) is 5.75 Å². The number of nitrogens with one attached hydrogen (secondary N) is 1. The molecule has 1 fully saturated rings. The minimum atomic E-state index is -3.69. The number of aromatic hydroxyl groups is 1. The Morgan fingerprint density at radius 2 is 2.00 bits per heavy atom. The third-order valence-corrected chi connectivity index (χ3v) is 8.54. The van der Waals surface area contributed by atoms with Gasteiger partial charge in [0.2, 0.25) is 10.0 Å². The second kappa shape index (κ2) is 8.82. The van der Waals surface area contributed by atoms with Crippen molar-refractivity contribution in [2.45, 2.75) is 31.2 Å². The van der Waals surface area contributed by atoms with Crippen LogP contribution in [0.25, 0.3) is 11.0 Å². The smallest absolute Gasteiger partial charge is 0.256 e. The Morgan fingerprint density at radius 1 is 1.21 bits per heavy atom. The third kappa shape index (κ3) is 4.17. The average molecular weight is 498 g/mol. The Labute approximate surface area is 200 Å². The molecule has 0 saturated carbocycles. The fourth-order valence-electron chi connectivity index (χ4n) is 4.07. The first kappa shape index (κ1) is 22.5. The topological polar surface area (TPSA) is 117 Å². The van der Waals surface area contributed by atoms with Gasteiger partial charge < -0.3 is 10.4 Å². The number of hydrogen-bond donors (Lipinski definition) is 2. The van der Waals surface area contributed by atoms with Gasteiger partial charge in [0.05, 0.1) is 34.3 Å². The molecule has 4 aromatic rings. The molecule has 0 radical (unpaired) electrons. The van der Waals surface area contributed by atoms with Gasteiger partial charge in [-0.3, -0.25) is 4.79 Å². The molecule has 5 rings (SSSR count). The maximum absolute atomic E-state index is 13.2. The van der Waals surface area contributed by atoms with Gasteiger partial charge in [0, 0.05) is 23.7 Å². The summed E-state index contributed by atoms with van der Waals surface area (Å²) >= 11 is 1.61. The van der Waals surface area contributed by atoms with Crippen molar-refractivity contribution < 1.29 is 18.3 Å². The summed E-state index contributed by atoms with van der Waals surface area (Å²) in [6.45, 7) is 3.26. The number of phenols is 1. The Bertz CT molecular complexity index is 1470. The number of rotatable bonds is 6. The predicted octanol–water partition coefficient (Wildman–Crippen LogP) is 3.59. The first-order valence-corrected chi connectivity index (χ1v) is 13.1. The molecule has 2 N–H and O–H groups in total. The molecule has 1 amide bonds. The van der Waals surface area contributed by atoms with Crippen molar-refractivity contribution in [3.63, 3.8) is 0 Å². The molecule has 11 heteroatoms. The normalized spacial score (nSPS) is 14.6. The first-order valence-electron chi connectivity index (χ1n) is 10.8. The molecule has 9 nitrogen and oxygen atoms in total. The number of carbonyl (C=O) groups excluding carboxylic acids is 1. The minimum Gasteiger partial charge on any atom is -0.506 e. The lowest BCUT2D eigenvalue weighted by atomic mass is 10.1. The number of pyridine rings is 1. The molecule has 0 unspecified atom stereocenters. The van der Waals surface area contributed by atoms with E-state index in [1.807, 2.05) is 17.5 Å². The van der Waals surface area contributed by atoms with Crippen LogP contribution in [0, 0.1) is 6.92 Å². The van der Waals surface area contributed by atoms with Crippen LogP contribution in [0.4, 0.5) is 5.69 Å². The molecular formula is C23H23N5O4S2. The zero-order chi connectivity index (χ0) is 23.9. The van der Waals surface area contributed by atoms with Gasteiger partial charge in [0.15, 0.2) is 5.65 Å². The van der Waals surface area contributed by atoms with E-state index in [2.05, 4.69) is 15.4 Å². The first-order chi connectivity index (χ1) is 16.3. The number of hydrogen-bond acceptors (Lipinski definition) is 7. The summed E-state index contributed by atoms with van der Waals surface area (Å²) in [5.41, 5.74) is 1.58. The fraction of sp³-hybridized carbons (Fsp3) is 0.261. The molecule has 0 spiro atoms.